The Bertz CT molecular complexity index is 381. The average Bonchev–Trinajstić information content (AvgIpc) is 2.10. The lowest BCUT2D eigenvalue weighted by Crippen LogP contribution is -1.87. The molecule has 0 aromatic heterocycles. The van der Waals surface area contributed by atoms with Gasteiger partial charge in [0.1, 0.15) is 0 Å². The highest BCUT2D eigenvalue weighted by Crippen LogP contribution is 2.25. The first-order valence-corrected chi connectivity index (χ1v) is 4.73. The number of halogens is 3. The summed E-state index contributed by atoms with van der Waals surface area (Å²) in [4.78, 5) is 10.2. The zero-order valence-corrected chi connectivity index (χ0v) is 9.14. The Labute approximate surface area is 93.1 Å². The quantitative estimate of drug-likeness (QED) is 0.666. The summed E-state index contributed by atoms with van der Waals surface area (Å²) in [5.41, 5.74) is 0.519. The van der Waals surface area contributed by atoms with Crippen LogP contribution in [0.2, 0.25) is 5.02 Å². The SMILES string of the molecule is O=C(O)/C=C/c1cc(Cl)c(F)c(Br)c1. The minimum atomic E-state index is -1.07. The molecule has 0 unspecified atom stereocenters. The van der Waals surface area contributed by atoms with Gasteiger partial charge in [0.05, 0.1) is 9.50 Å². The summed E-state index contributed by atoms with van der Waals surface area (Å²) in [6.07, 6.45) is 2.29. The van der Waals surface area contributed by atoms with Gasteiger partial charge in [-0.05, 0) is 39.7 Å². The number of rotatable bonds is 2. The molecule has 0 aliphatic heterocycles. The molecule has 0 saturated carbocycles. The van der Waals surface area contributed by atoms with Gasteiger partial charge in [0.25, 0.3) is 0 Å². The van der Waals surface area contributed by atoms with Crippen LogP contribution in [0.3, 0.4) is 0 Å². The molecule has 0 heterocycles. The van der Waals surface area contributed by atoms with E-state index in [9.17, 15) is 9.18 Å². The second-order valence-corrected chi connectivity index (χ2v) is 3.73. The van der Waals surface area contributed by atoms with E-state index in [2.05, 4.69) is 15.9 Å². The van der Waals surface area contributed by atoms with Gasteiger partial charge in [-0.25, -0.2) is 9.18 Å². The lowest BCUT2D eigenvalue weighted by molar-refractivity contribution is -0.131. The number of aliphatic carboxylic acids is 1. The summed E-state index contributed by atoms with van der Waals surface area (Å²) in [5, 5.41) is 8.31. The number of benzene rings is 1. The summed E-state index contributed by atoms with van der Waals surface area (Å²) in [5.74, 6) is -1.62. The standard InChI is InChI=1S/C9H5BrClFO2/c10-6-3-5(1-2-8(13)14)4-7(11)9(6)12/h1-4H,(H,13,14)/b2-1+. The molecule has 5 heteroatoms. The Kier molecular flexibility index (Phi) is 3.66. The van der Waals surface area contributed by atoms with Crippen molar-refractivity contribution in [2.75, 3.05) is 0 Å². The second-order valence-electron chi connectivity index (χ2n) is 2.47. The fourth-order valence-corrected chi connectivity index (χ4v) is 1.66. The van der Waals surface area contributed by atoms with Crippen LogP contribution >= 0.6 is 27.5 Å². The summed E-state index contributed by atoms with van der Waals surface area (Å²) < 4.78 is 13.2. The van der Waals surface area contributed by atoms with Crippen LogP contribution in [0.15, 0.2) is 22.7 Å². The minimum Gasteiger partial charge on any atom is -0.478 e. The fourth-order valence-electron chi connectivity index (χ4n) is 0.839. The van der Waals surface area contributed by atoms with Gasteiger partial charge in [-0.1, -0.05) is 11.6 Å². The maximum atomic E-state index is 13.0. The lowest BCUT2D eigenvalue weighted by atomic mass is 10.2. The van der Waals surface area contributed by atoms with Crippen LogP contribution in [-0.4, -0.2) is 11.1 Å². The van der Waals surface area contributed by atoms with Gasteiger partial charge >= 0.3 is 5.97 Å². The smallest absolute Gasteiger partial charge is 0.328 e. The Balaban J connectivity index is 3.07. The highest BCUT2D eigenvalue weighted by atomic mass is 79.9. The Hall–Kier alpha value is -0.870. The van der Waals surface area contributed by atoms with Crippen molar-refractivity contribution < 1.29 is 14.3 Å². The van der Waals surface area contributed by atoms with Crippen LogP contribution in [0.25, 0.3) is 6.08 Å². The first kappa shape index (κ1) is 11.2. The third-order valence-electron chi connectivity index (χ3n) is 1.42. The molecule has 0 amide bonds. The first-order valence-electron chi connectivity index (χ1n) is 3.56. The first-order chi connectivity index (χ1) is 6.50. The van der Waals surface area contributed by atoms with Crippen molar-refractivity contribution in [2.24, 2.45) is 0 Å². The molecule has 0 fully saturated rings. The fraction of sp³-hybridized carbons (Fsp3) is 0. The van der Waals surface area contributed by atoms with Gasteiger partial charge < -0.3 is 5.11 Å². The van der Waals surface area contributed by atoms with Crippen LogP contribution in [0.5, 0.6) is 0 Å². The van der Waals surface area contributed by atoms with Crippen molar-refractivity contribution in [1.29, 1.82) is 0 Å². The van der Waals surface area contributed by atoms with E-state index in [4.69, 9.17) is 16.7 Å². The maximum absolute atomic E-state index is 13.0. The third kappa shape index (κ3) is 2.82. The van der Waals surface area contributed by atoms with Gasteiger partial charge in [0.15, 0.2) is 5.82 Å². The zero-order valence-electron chi connectivity index (χ0n) is 6.80. The van der Waals surface area contributed by atoms with Crippen LogP contribution in [0.1, 0.15) is 5.56 Å². The van der Waals surface area contributed by atoms with Crippen LogP contribution in [-0.2, 0) is 4.79 Å². The van der Waals surface area contributed by atoms with Crippen molar-refractivity contribution in [2.45, 2.75) is 0 Å². The predicted molar refractivity (Wildman–Crippen MR) is 55.8 cm³/mol. The highest BCUT2D eigenvalue weighted by Gasteiger charge is 2.05. The molecule has 0 atom stereocenters. The van der Waals surface area contributed by atoms with Crippen LogP contribution in [0.4, 0.5) is 4.39 Å². The Morgan fingerprint density at radius 2 is 2.21 bits per heavy atom. The summed E-state index contributed by atoms with van der Waals surface area (Å²) in [7, 11) is 0. The summed E-state index contributed by atoms with van der Waals surface area (Å²) in [6.45, 7) is 0. The van der Waals surface area contributed by atoms with E-state index >= 15 is 0 Å². The number of carboxylic acids is 1. The number of carbonyl (C=O) groups is 1. The van der Waals surface area contributed by atoms with E-state index in [0.29, 0.717) is 5.56 Å². The third-order valence-corrected chi connectivity index (χ3v) is 2.28. The Morgan fingerprint density at radius 3 is 2.71 bits per heavy atom. The molecule has 14 heavy (non-hydrogen) atoms. The van der Waals surface area contributed by atoms with Crippen molar-refractivity contribution >= 4 is 39.6 Å². The molecule has 0 aliphatic carbocycles. The molecule has 1 N–H and O–H groups in total. The normalized spacial score (nSPS) is 10.8. The predicted octanol–water partition coefficient (Wildman–Crippen LogP) is 3.34. The van der Waals surface area contributed by atoms with Crippen molar-refractivity contribution in [3.05, 3.63) is 39.1 Å². The molecule has 1 rings (SSSR count). The van der Waals surface area contributed by atoms with Gasteiger partial charge in [0, 0.05) is 6.08 Å². The van der Waals surface area contributed by atoms with Crippen molar-refractivity contribution in [1.82, 2.24) is 0 Å². The van der Waals surface area contributed by atoms with Crippen LogP contribution in [0, 0.1) is 5.82 Å². The zero-order chi connectivity index (χ0) is 10.7. The molecule has 0 radical (unpaired) electrons. The molecule has 1 aromatic carbocycles. The number of hydrogen-bond donors (Lipinski definition) is 1. The molecular formula is C9H5BrClFO2. The molecule has 0 spiro atoms. The van der Waals surface area contributed by atoms with E-state index in [1.807, 2.05) is 0 Å². The summed E-state index contributed by atoms with van der Waals surface area (Å²) in [6, 6.07) is 2.79. The number of hydrogen-bond acceptors (Lipinski definition) is 1. The maximum Gasteiger partial charge on any atom is 0.328 e. The van der Waals surface area contributed by atoms with Crippen molar-refractivity contribution in [3.8, 4) is 0 Å². The molecule has 1 aromatic rings. The second kappa shape index (κ2) is 4.57. The lowest BCUT2D eigenvalue weighted by Gasteiger charge is -1.99. The van der Waals surface area contributed by atoms with Crippen LogP contribution < -0.4 is 0 Å². The van der Waals surface area contributed by atoms with Gasteiger partial charge in [0.2, 0.25) is 0 Å². The topological polar surface area (TPSA) is 37.3 Å². The molecular weight excluding hydrogens is 274 g/mol. The van der Waals surface area contributed by atoms with E-state index in [0.717, 1.165) is 6.08 Å². The number of carboxylic acid groups (broad SMARTS) is 1. The molecule has 0 aliphatic rings. The minimum absolute atomic E-state index is 0.0515. The van der Waals surface area contributed by atoms with Gasteiger partial charge in [-0.2, -0.15) is 0 Å². The molecule has 0 saturated heterocycles. The van der Waals surface area contributed by atoms with E-state index in [1.165, 1.54) is 18.2 Å². The monoisotopic (exact) mass is 278 g/mol. The molecule has 0 bridgehead atoms. The van der Waals surface area contributed by atoms with E-state index in [-0.39, 0.29) is 9.50 Å². The van der Waals surface area contributed by atoms with Gasteiger partial charge in [-0.3, -0.25) is 0 Å². The summed E-state index contributed by atoms with van der Waals surface area (Å²) >= 11 is 8.51. The molecule has 2 nitrogen and oxygen atoms in total. The van der Waals surface area contributed by atoms with E-state index in [1.54, 1.807) is 0 Å². The highest BCUT2D eigenvalue weighted by molar-refractivity contribution is 9.10. The van der Waals surface area contributed by atoms with Gasteiger partial charge in [-0.15, -0.1) is 0 Å². The largest absolute Gasteiger partial charge is 0.478 e. The van der Waals surface area contributed by atoms with Crippen molar-refractivity contribution in [3.63, 3.8) is 0 Å². The average molecular weight is 279 g/mol. The van der Waals surface area contributed by atoms with E-state index < -0.39 is 11.8 Å². The Morgan fingerprint density at radius 1 is 1.57 bits per heavy atom. The molecule has 74 valence electrons.